The van der Waals surface area contributed by atoms with E-state index in [2.05, 4.69) is 36.1 Å². The minimum Gasteiger partial charge on any atom is -0.292 e. The first kappa shape index (κ1) is 23.2. The number of fused-ring (bicyclic) bond motifs is 1. The predicted octanol–water partition coefficient (Wildman–Crippen LogP) is 6.95. The van der Waals surface area contributed by atoms with E-state index in [1.54, 1.807) is 0 Å². The van der Waals surface area contributed by atoms with Gasteiger partial charge in [-0.05, 0) is 54.7 Å². The van der Waals surface area contributed by atoms with Crippen molar-refractivity contribution in [2.75, 3.05) is 13.1 Å². The van der Waals surface area contributed by atoms with Crippen LogP contribution >= 0.6 is 23.2 Å². The molecule has 4 nitrogen and oxygen atoms in total. The molecule has 3 aromatic carbocycles. The molecule has 1 aliphatic rings. The van der Waals surface area contributed by atoms with Gasteiger partial charge in [-0.3, -0.25) is 14.0 Å². The number of likely N-dealkylation sites (tertiary alicyclic amines) is 1. The summed E-state index contributed by atoms with van der Waals surface area (Å²) in [6, 6.07) is 24.3. The van der Waals surface area contributed by atoms with Crippen molar-refractivity contribution in [3.8, 4) is 0 Å². The van der Waals surface area contributed by atoms with Gasteiger partial charge in [-0.2, -0.15) is 0 Å². The number of aryl methyl sites for hydroxylation is 1. The zero-order valence-electron chi connectivity index (χ0n) is 19.3. The lowest BCUT2D eigenvalue weighted by Crippen LogP contribution is -2.40. The number of hydrogen-bond acceptors (Lipinski definition) is 2. The monoisotopic (exact) mass is 493 g/mol. The average molecular weight is 494 g/mol. The van der Waals surface area contributed by atoms with E-state index in [-0.39, 0.29) is 17.8 Å². The molecule has 1 aromatic heterocycles. The molecule has 0 spiro atoms. The van der Waals surface area contributed by atoms with E-state index < -0.39 is 0 Å². The first-order valence-electron chi connectivity index (χ1n) is 12.0. The second-order valence-corrected chi connectivity index (χ2v) is 9.82. The maximum atomic E-state index is 13.4. The van der Waals surface area contributed by atoms with E-state index >= 15 is 0 Å². The number of rotatable bonds is 6. The average Bonchev–Trinajstić information content (AvgIpc) is 3.14. The summed E-state index contributed by atoms with van der Waals surface area (Å²) in [5.41, 5.74) is 4.30. The van der Waals surface area contributed by atoms with Crippen molar-refractivity contribution in [2.24, 2.45) is 0 Å². The Morgan fingerprint density at radius 1 is 0.824 bits per heavy atom. The molecule has 4 aromatic rings. The Balaban J connectivity index is 1.47. The molecule has 1 saturated heterocycles. The molecule has 2 heterocycles. The third-order valence-electron chi connectivity index (χ3n) is 6.95. The van der Waals surface area contributed by atoms with Crippen molar-refractivity contribution < 1.29 is 0 Å². The molecule has 0 N–H and O–H groups in total. The highest BCUT2D eigenvalue weighted by atomic mass is 35.5. The summed E-state index contributed by atoms with van der Waals surface area (Å²) < 4.78 is 3.96. The molecule has 1 aliphatic heterocycles. The lowest BCUT2D eigenvalue weighted by atomic mass is 9.93. The van der Waals surface area contributed by atoms with Crippen LogP contribution in [0.4, 0.5) is 0 Å². The van der Waals surface area contributed by atoms with Crippen LogP contribution in [0.25, 0.3) is 11.0 Å². The van der Waals surface area contributed by atoms with Gasteiger partial charge in [-0.1, -0.05) is 78.7 Å². The van der Waals surface area contributed by atoms with Gasteiger partial charge < -0.3 is 0 Å². The van der Waals surface area contributed by atoms with Gasteiger partial charge in [0.25, 0.3) is 0 Å². The number of para-hydroxylation sites is 2. The molecular formula is C28H29Cl2N3O. The molecule has 0 saturated carbocycles. The van der Waals surface area contributed by atoms with Gasteiger partial charge in [-0.25, -0.2) is 4.79 Å². The van der Waals surface area contributed by atoms with Crippen LogP contribution in [0, 0.1) is 0 Å². The Morgan fingerprint density at radius 2 is 1.35 bits per heavy atom. The lowest BCUT2D eigenvalue weighted by molar-refractivity contribution is 0.153. The van der Waals surface area contributed by atoms with E-state index in [1.165, 1.54) is 0 Å². The summed E-state index contributed by atoms with van der Waals surface area (Å²) in [5, 5.41) is 1.49. The van der Waals surface area contributed by atoms with Gasteiger partial charge in [0.1, 0.15) is 0 Å². The van der Waals surface area contributed by atoms with Crippen LogP contribution in [0.1, 0.15) is 49.4 Å². The van der Waals surface area contributed by atoms with Crippen LogP contribution in [-0.4, -0.2) is 27.1 Å². The smallest absolute Gasteiger partial charge is 0.292 e. The summed E-state index contributed by atoms with van der Waals surface area (Å²) in [6.45, 7) is 4.56. The van der Waals surface area contributed by atoms with Crippen LogP contribution < -0.4 is 5.69 Å². The summed E-state index contributed by atoms with van der Waals surface area (Å²) in [5.74, 6) is 0. The zero-order chi connectivity index (χ0) is 23.7. The molecular weight excluding hydrogens is 465 g/mol. The molecule has 34 heavy (non-hydrogen) atoms. The van der Waals surface area contributed by atoms with Crippen LogP contribution in [0.3, 0.4) is 0 Å². The number of piperidine rings is 1. The van der Waals surface area contributed by atoms with Crippen molar-refractivity contribution in [3.05, 3.63) is 104 Å². The van der Waals surface area contributed by atoms with E-state index in [0.29, 0.717) is 0 Å². The van der Waals surface area contributed by atoms with Gasteiger partial charge in [0, 0.05) is 35.7 Å². The summed E-state index contributed by atoms with van der Waals surface area (Å²) >= 11 is 13.3. The van der Waals surface area contributed by atoms with Gasteiger partial charge in [0.05, 0.1) is 17.1 Å². The van der Waals surface area contributed by atoms with E-state index in [0.717, 1.165) is 71.1 Å². The highest BCUT2D eigenvalue weighted by Gasteiger charge is 2.31. The predicted molar refractivity (Wildman–Crippen MR) is 141 cm³/mol. The molecule has 0 bridgehead atoms. The van der Waals surface area contributed by atoms with Crippen molar-refractivity contribution in [3.63, 3.8) is 0 Å². The van der Waals surface area contributed by atoms with Crippen molar-refractivity contribution in [1.82, 2.24) is 14.0 Å². The lowest BCUT2D eigenvalue weighted by Gasteiger charge is -2.39. The molecule has 0 aliphatic carbocycles. The first-order valence-corrected chi connectivity index (χ1v) is 12.8. The Morgan fingerprint density at radius 3 is 1.91 bits per heavy atom. The first-order chi connectivity index (χ1) is 16.6. The highest BCUT2D eigenvalue weighted by molar-refractivity contribution is 6.32. The normalized spacial score (nSPS) is 15.4. The van der Waals surface area contributed by atoms with E-state index in [1.807, 2.05) is 57.7 Å². The number of hydrogen-bond donors (Lipinski definition) is 0. The molecule has 1 fully saturated rings. The number of benzene rings is 3. The van der Waals surface area contributed by atoms with Gasteiger partial charge in [-0.15, -0.1) is 0 Å². The van der Waals surface area contributed by atoms with E-state index in [4.69, 9.17) is 23.2 Å². The fourth-order valence-electron chi connectivity index (χ4n) is 5.38. The van der Waals surface area contributed by atoms with Crippen molar-refractivity contribution in [1.29, 1.82) is 0 Å². The fraction of sp³-hybridized carbons (Fsp3) is 0.321. The van der Waals surface area contributed by atoms with Crippen LogP contribution in [0.5, 0.6) is 0 Å². The standard InChI is InChI=1S/C28H29Cl2N3O/c1-2-17-32-25-13-7-8-14-26(25)33(28(32)34)20-15-18-31(19-16-20)27(21-9-3-5-11-23(21)29)22-10-4-6-12-24(22)30/h3-14,20,27H,2,15-19H2,1H3. The fourth-order valence-corrected chi connectivity index (χ4v) is 5.86. The van der Waals surface area contributed by atoms with Crippen molar-refractivity contribution in [2.45, 2.75) is 44.8 Å². The van der Waals surface area contributed by atoms with Crippen LogP contribution in [-0.2, 0) is 6.54 Å². The minimum absolute atomic E-state index is 0.0264. The summed E-state index contributed by atoms with van der Waals surface area (Å²) in [7, 11) is 0. The van der Waals surface area contributed by atoms with Gasteiger partial charge in [0.15, 0.2) is 0 Å². The summed E-state index contributed by atoms with van der Waals surface area (Å²) in [6.07, 6.45) is 2.72. The van der Waals surface area contributed by atoms with Crippen LogP contribution in [0.15, 0.2) is 77.6 Å². The molecule has 0 atom stereocenters. The molecule has 6 heteroatoms. The number of aromatic nitrogens is 2. The number of halogens is 2. The summed E-state index contributed by atoms with van der Waals surface area (Å²) in [4.78, 5) is 15.9. The zero-order valence-corrected chi connectivity index (χ0v) is 20.8. The third kappa shape index (κ3) is 4.19. The quantitative estimate of drug-likeness (QED) is 0.291. The second kappa shape index (κ2) is 9.99. The number of nitrogens with zero attached hydrogens (tertiary/aromatic N) is 3. The van der Waals surface area contributed by atoms with Gasteiger partial charge >= 0.3 is 5.69 Å². The largest absolute Gasteiger partial charge is 0.329 e. The number of imidazole rings is 1. The third-order valence-corrected chi connectivity index (χ3v) is 7.63. The molecule has 176 valence electrons. The Hall–Kier alpha value is -2.53. The highest BCUT2D eigenvalue weighted by Crippen LogP contribution is 2.39. The Labute approximate surface area is 210 Å². The molecule has 0 radical (unpaired) electrons. The van der Waals surface area contributed by atoms with Crippen molar-refractivity contribution >= 4 is 34.2 Å². The maximum absolute atomic E-state index is 13.4. The second-order valence-electron chi connectivity index (χ2n) is 9.01. The maximum Gasteiger partial charge on any atom is 0.329 e. The van der Waals surface area contributed by atoms with E-state index in [9.17, 15) is 4.79 Å². The molecule has 0 amide bonds. The molecule has 5 rings (SSSR count). The Bertz CT molecular complexity index is 1310. The topological polar surface area (TPSA) is 30.2 Å². The Kier molecular flexibility index (Phi) is 6.82. The van der Waals surface area contributed by atoms with Crippen LogP contribution in [0.2, 0.25) is 10.0 Å². The van der Waals surface area contributed by atoms with Gasteiger partial charge in [0.2, 0.25) is 0 Å². The SMILES string of the molecule is CCCn1c(=O)n(C2CCN(C(c3ccccc3Cl)c3ccccc3Cl)CC2)c2ccccc21. The molecule has 0 unspecified atom stereocenters. The minimum atomic E-state index is -0.0264.